The molecule has 1 atom stereocenters. The number of rotatable bonds is 10. The molecule has 3 nitrogen and oxygen atoms in total. The lowest BCUT2D eigenvalue weighted by Crippen LogP contribution is -2.22. The molecule has 1 aliphatic rings. The number of carboxylic acids is 1. The Morgan fingerprint density at radius 1 is 1.04 bits per heavy atom. The Balaban J connectivity index is 1.78. The second-order valence-corrected chi connectivity index (χ2v) is 7.06. The smallest absolute Gasteiger partial charge is 0.306 e. The quantitative estimate of drug-likeness (QED) is 0.474. The molecule has 1 N–H and O–H groups in total. The van der Waals surface area contributed by atoms with Gasteiger partial charge in [0, 0.05) is 12.0 Å². The number of carbonyl (C=O) groups excluding carboxylic acids is 1. The van der Waals surface area contributed by atoms with Crippen molar-refractivity contribution in [2.24, 2.45) is 5.92 Å². The zero-order valence-corrected chi connectivity index (χ0v) is 14.9. The number of carboxylic acid groups (broad SMARTS) is 1. The number of benzene rings is 1. The summed E-state index contributed by atoms with van der Waals surface area (Å²) >= 11 is 0. The average molecular weight is 330 g/mol. The van der Waals surface area contributed by atoms with Gasteiger partial charge in [-0.2, -0.15) is 0 Å². The molecule has 24 heavy (non-hydrogen) atoms. The maximum Gasteiger partial charge on any atom is 0.306 e. The summed E-state index contributed by atoms with van der Waals surface area (Å²) in [5, 5.41) is 9.14. The van der Waals surface area contributed by atoms with Crippen LogP contribution in [0, 0.1) is 5.92 Å². The van der Waals surface area contributed by atoms with Gasteiger partial charge in [-0.05, 0) is 42.9 Å². The number of aliphatic carboxylic acids is 1. The third-order valence-electron chi connectivity index (χ3n) is 5.11. The van der Waals surface area contributed by atoms with Crippen LogP contribution in [0.5, 0.6) is 0 Å². The van der Waals surface area contributed by atoms with Crippen molar-refractivity contribution >= 4 is 11.8 Å². The van der Waals surface area contributed by atoms with Crippen LogP contribution in [0.25, 0.3) is 0 Å². The highest BCUT2D eigenvalue weighted by molar-refractivity contribution is 5.96. The summed E-state index contributed by atoms with van der Waals surface area (Å²) in [5.41, 5.74) is 3.06. The van der Waals surface area contributed by atoms with Gasteiger partial charge in [0.25, 0.3) is 0 Å². The summed E-state index contributed by atoms with van der Waals surface area (Å²) in [6.45, 7) is 2.22. The molecule has 0 bridgehead atoms. The SMILES string of the molecule is CCCCCCCCCC(=O)c1ccc2c(c1)CCC(C(=O)O)C2. The van der Waals surface area contributed by atoms with E-state index in [4.69, 9.17) is 5.11 Å². The van der Waals surface area contributed by atoms with Gasteiger partial charge >= 0.3 is 5.97 Å². The predicted octanol–water partition coefficient (Wildman–Crippen LogP) is 5.20. The first-order chi connectivity index (χ1) is 11.6. The van der Waals surface area contributed by atoms with Crippen molar-refractivity contribution in [3.05, 3.63) is 34.9 Å². The molecule has 1 aromatic carbocycles. The number of hydrogen-bond acceptors (Lipinski definition) is 2. The van der Waals surface area contributed by atoms with E-state index in [1.165, 1.54) is 32.1 Å². The van der Waals surface area contributed by atoms with Crippen molar-refractivity contribution in [3.63, 3.8) is 0 Å². The van der Waals surface area contributed by atoms with Crippen LogP contribution < -0.4 is 0 Å². The molecule has 1 aliphatic carbocycles. The molecule has 132 valence electrons. The Bertz CT molecular complexity index is 562. The zero-order chi connectivity index (χ0) is 17.4. The fourth-order valence-electron chi connectivity index (χ4n) is 3.53. The number of unbranched alkanes of at least 4 members (excludes halogenated alkanes) is 6. The Morgan fingerprint density at radius 2 is 1.75 bits per heavy atom. The molecule has 1 unspecified atom stereocenters. The maximum atomic E-state index is 12.3. The van der Waals surface area contributed by atoms with Crippen LogP contribution in [0.3, 0.4) is 0 Å². The van der Waals surface area contributed by atoms with Crippen LogP contribution in [0.4, 0.5) is 0 Å². The van der Waals surface area contributed by atoms with Crippen molar-refractivity contribution < 1.29 is 14.7 Å². The topological polar surface area (TPSA) is 54.4 Å². The molecule has 0 saturated carbocycles. The number of fused-ring (bicyclic) bond motifs is 1. The molecule has 3 heteroatoms. The number of aryl methyl sites for hydroxylation is 1. The Morgan fingerprint density at radius 3 is 2.46 bits per heavy atom. The van der Waals surface area contributed by atoms with Gasteiger partial charge in [-0.3, -0.25) is 9.59 Å². The van der Waals surface area contributed by atoms with Crippen molar-refractivity contribution in [2.45, 2.75) is 77.6 Å². The highest BCUT2D eigenvalue weighted by Gasteiger charge is 2.24. The van der Waals surface area contributed by atoms with Crippen LogP contribution in [-0.4, -0.2) is 16.9 Å². The van der Waals surface area contributed by atoms with Gasteiger partial charge in [-0.1, -0.05) is 57.6 Å². The lowest BCUT2D eigenvalue weighted by molar-refractivity contribution is -0.142. The lowest BCUT2D eigenvalue weighted by atomic mass is 9.83. The van der Waals surface area contributed by atoms with E-state index in [1.54, 1.807) is 0 Å². The van der Waals surface area contributed by atoms with Crippen molar-refractivity contribution in [2.75, 3.05) is 0 Å². The minimum atomic E-state index is -0.709. The number of hydrogen-bond donors (Lipinski definition) is 1. The highest BCUT2D eigenvalue weighted by Crippen LogP contribution is 2.27. The van der Waals surface area contributed by atoms with E-state index < -0.39 is 5.97 Å². The maximum absolute atomic E-state index is 12.3. The van der Waals surface area contributed by atoms with Crippen LogP contribution in [0.1, 0.15) is 86.2 Å². The van der Waals surface area contributed by atoms with Crippen LogP contribution in [-0.2, 0) is 17.6 Å². The summed E-state index contributed by atoms with van der Waals surface area (Å²) < 4.78 is 0. The normalized spacial score (nSPS) is 16.6. The van der Waals surface area contributed by atoms with E-state index in [-0.39, 0.29) is 11.7 Å². The molecule has 0 radical (unpaired) electrons. The summed E-state index contributed by atoms with van der Waals surface area (Å²) in [4.78, 5) is 23.5. The predicted molar refractivity (Wildman–Crippen MR) is 96.5 cm³/mol. The third kappa shape index (κ3) is 5.47. The van der Waals surface area contributed by atoms with Crippen LogP contribution in [0.15, 0.2) is 18.2 Å². The first-order valence-electron chi connectivity index (χ1n) is 9.49. The highest BCUT2D eigenvalue weighted by atomic mass is 16.4. The molecule has 2 rings (SSSR count). The standard InChI is InChI=1S/C21H30O3/c1-2-3-4-5-6-7-8-9-20(22)18-12-10-17-15-19(21(23)24)13-11-16(17)14-18/h10,12,14,19H,2-9,11,13,15H2,1H3,(H,23,24). The fourth-order valence-corrected chi connectivity index (χ4v) is 3.53. The Kier molecular flexibility index (Phi) is 7.48. The van der Waals surface area contributed by atoms with E-state index >= 15 is 0 Å². The second kappa shape index (κ2) is 9.61. The van der Waals surface area contributed by atoms with Gasteiger partial charge in [-0.25, -0.2) is 0 Å². The number of carbonyl (C=O) groups is 2. The monoisotopic (exact) mass is 330 g/mol. The molecule has 0 heterocycles. The molecule has 0 aromatic heterocycles. The largest absolute Gasteiger partial charge is 0.481 e. The van der Waals surface area contributed by atoms with Gasteiger partial charge in [0.15, 0.2) is 5.78 Å². The third-order valence-corrected chi connectivity index (χ3v) is 5.11. The Hall–Kier alpha value is -1.64. The molecular formula is C21H30O3. The first kappa shape index (κ1) is 18.7. The van der Waals surface area contributed by atoms with Crippen molar-refractivity contribution in [1.29, 1.82) is 0 Å². The van der Waals surface area contributed by atoms with Gasteiger partial charge in [-0.15, -0.1) is 0 Å². The molecule has 0 saturated heterocycles. The average Bonchev–Trinajstić information content (AvgIpc) is 2.59. The van der Waals surface area contributed by atoms with Crippen LogP contribution in [0.2, 0.25) is 0 Å². The number of ketones is 1. The molecule has 0 fully saturated rings. The molecule has 0 spiro atoms. The lowest BCUT2D eigenvalue weighted by Gasteiger charge is -2.22. The van der Waals surface area contributed by atoms with Crippen molar-refractivity contribution in [3.8, 4) is 0 Å². The molecule has 0 amide bonds. The van der Waals surface area contributed by atoms with Gasteiger partial charge in [0.1, 0.15) is 0 Å². The van der Waals surface area contributed by atoms with Gasteiger partial charge in [0.05, 0.1) is 5.92 Å². The van der Waals surface area contributed by atoms with Gasteiger partial charge < -0.3 is 5.11 Å². The molecule has 1 aromatic rings. The second-order valence-electron chi connectivity index (χ2n) is 7.06. The Labute approximate surface area is 145 Å². The summed E-state index contributed by atoms with van der Waals surface area (Å²) in [7, 11) is 0. The number of Topliss-reactive ketones (excluding diaryl/α,β-unsaturated/α-hetero) is 1. The van der Waals surface area contributed by atoms with E-state index in [1.807, 2.05) is 18.2 Å². The summed E-state index contributed by atoms with van der Waals surface area (Å²) in [5.74, 6) is -0.752. The first-order valence-corrected chi connectivity index (χ1v) is 9.49. The van der Waals surface area contributed by atoms with Crippen LogP contribution >= 0.6 is 0 Å². The minimum absolute atomic E-state index is 0.228. The van der Waals surface area contributed by atoms with Crippen molar-refractivity contribution in [1.82, 2.24) is 0 Å². The fraction of sp³-hybridized carbons (Fsp3) is 0.619. The molecule has 0 aliphatic heterocycles. The van der Waals surface area contributed by atoms with E-state index in [9.17, 15) is 9.59 Å². The summed E-state index contributed by atoms with van der Waals surface area (Å²) in [6, 6.07) is 5.84. The van der Waals surface area contributed by atoms with E-state index in [0.29, 0.717) is 19.3 Å². The summed E-state index contributed by atoms with van der Waals surface area (Å²) in [6.07, 6.45) is 11.2. The van der Waals surface area contributed by atoms with E-state index in [2.05, 4.69) is 6.92 Å². The minimum Gasteiger partial charge on any atom is -0.481 e. The van der Waals surface area contributed by atoms with E-state index in [0.717, 1.165) is 36.0 Å². The zero-order valence-electron chi connectivity index (χ0n) is 14.9. The van der Waals surface area contributed by atoms with Gasteiger partial charge in [0.2, 0.25) is 0 Å². The molecular weight excluding hydrogens is 300 g/mol.